The molecular weight excluding hydrogens is 415 g/mol. The molecule has 1 aromatic heterocycles. The second-order valence-corrected chi connectivity index (χ2v) is 6.39. The average molecular weight is 448 g/mol. The van der Waals surface area contributed by atoms with Crippen LogP contribution in [-0.2, 0) is 13.6 Å². The molecular formula is C17H33IN6. The van der Waals surface area contributed by atoms with E-state index >= 15 is 0 Å². The van der Waals surface area contributed by atoms with Crippen molar-refractivity contribution in [3.8, 4) is 0 Å². The largest absolute Gasteiger partial charge is 0.356 e. The lowest BCUT2D eigenvalue weighted by molar-refractivity contribution is 0.158. The highest BCUT2D eigenvalue weighted by Gasteiger charge is 2.16. The van der Waals surface area contributed by atoms with E-state index in [1.807, 2.05) is 31.0 Å². The molecule has 0 radical (unpaired) electrons. The number of guanidine groups is 1. The van der Waals surface area contributed by atoms with E-state index in [4.69, 9.17) is 0 Å². The quantitative estimate of drug-likeness (QED) is 0.291. The Bertz CT molecular complexity index is 487. The summed E-state index contributed by atoms with van der Waals surface area (Å²) in [4.78, 5) is 6.91. The van der Waals surface area contributed by atoms with E-state index in [0.29, 0.717) is 0 Å². The lowest BCUT2D eigenvalue weighted by Gasteiger charge is -2.33. The Morgan fingerprint density at radius 1 is 1.33 bits per heavy atom. The van der Waals surface area contributed by atoms with E-state index in [-0.39, 0.29) is 24.0 Å². The van der Waals surface area contributed by atoms with Gasteiger partial charge in [0, 0.05) is 32.9 Å². The maximum absolute atomic E-state index is 4.27. The predicted molar refractivity (Wildman–Crippen MR) is 111 cm³/mol. The maximum atomic E-state index is 4.27. The summed E-state index contributed by atoms with van der Waals surface area (Å²) in [6, 6.07) is 2.78. The normalized spacial score (nSPS) is 19.0. The van der Waals surface area contributed by atoms with E-state index in [1.165, 1.54) is 45.2 Å². The van der Waals surface area contributed by atoms with Gasteiger partial charge in [-0.3, -0.25) is 9.67 Å². The van der Waals surface area contributed by atoms with Crippen molar-refractivity contribution in [1.82, 2.24) is 25.3 Å². The van der Waals surface area contributed by atoms with Crippen molar-refractivity contribution >= 4 is 29.9 Å². The second-order valence-electron chi connectivity index (χ2n) is 6.39. The van der Waals surface area contributed by atoms with Crippen LogP contribution in [0.3, 0.4) is 0 Å². The maximum Gasteiger partial charge on any atom is 0.191 e. The van der Waals surface area contributed by atoms with Crippen LogP contribution in [0, 0.1) is 0 Å². The van der Waals surface area contributed by atoms with E-state index in [0.717, 1.165) is 30.8 Å². The molecule has 1 fully saturated rings. The number of hydrogen-bond donors (Lipinski definition) is 2. The Balaban J connectivity index is 0.00000288. The van der Waals surface area contributed by atoms with Crippen LogP contribution in [0.5, 0.6) is 0 Å². The molecule has 24 heavy (non-hydrogen) atoms. The van der Waals surface area contributed by atoms with Gasteiger partial charge in [-0.1, -0.05) is 6.42 Å². The Morgan fingerprint density at radius 2 is 2.17 bits per heavy atom. The fraction of sp³-hybridized carbons (Fsp3) is 0.765. The van der Waals surface area contributed by atoms with Gasteiger partial charge in [-0.05, 0) is 51.8 Å². The van der Waals surface area contributed by atoms with Crippen molar-refractivity contribution in [2.45, 2.75) is 51.6 Å². The SMILES string of the molecule is CN=C(NCCCCN1CCCCC1C)NCc1ccnn1C.I. The van der Waals surface area contributed by atoms with E-state index in [1.54, 1.807) is 0 Å². The zero-order valence-electron chi connectivity index (χ0n) is 15.3. The molecule has 138 valence electrons. The molecule has 0 amide bonds. The van der Waals surface area contributed by atoms with Crippen LogP contribution in [0.2, 0.25) is 0 Å². The Morgan fingerprint density at radius 3 is 2.83 bits per heavy atom. The van der Waals surface area contributed by atoms with Gasteiger partial charge in [-0.25, -0.2) is 0 Å². The van der Waals surface area contributed by atoms with Crippen molar-refractivity contribution in [3.05, 3.63) is 18.0 Å². The third-order valence-electron chi connectivity index (χ3n) is 4.69. The minimum Gasteiger partial charge on any atom is -0.356 e. The lowest BCUT2D eigenvalue weighted by Crippen LogP contribution is -2.39. The summed E-state index contributed by atoms with van der Waals surface area (Å²) < 4.78 is 1.88. The standard InChI is InChI=1S/C17H32N6.HI/c1-15-8-4-6-12-23(15)13-7-5-10-19-17(18-2)20-14-16-9-11-21-22(16)3;/h9,11,15H,4-8,10,12-14H2,1-3H3,(H2,18,19,20);1H. The summed E-state index contributed by atoms with van der Waals surface area (Å²) in [5.74, 6) is 0.859. The zero-order valence-corrected chi connectivity index (χ0v) is 17.6. The third-order valence-corrected chi connectivity index (χ3v) is 4.69. The molecule has 0 aliphatic carbocycles. The van der Waals surface area contributed by atoms with Crippen molar-refractivity contribution in [1.29, 1.82) is 0 Å². The molecule has 0 saturated carbocycles. The van der Waals surface area contributed by atoms with Crippen molar-refractivity contribution < 1.29 is 0 Å². The summed E-state index contributed by atoms with van der Waals surface area (Å²) in [7, 11) is 3.77. The fourth-order valence-corrected chi connectivity index (χ4v) is 3.11. The number of nitrogens with one attached hydrogen (secondary N) is 2. The first-order valence-electron chi connectivity index (χ1n) is 8.86. The number of halogens is 1. The molecule has 2 N–H and O–H groups in total. The van der Waals surface area contributed by atoms with Crippen molar-refractivity contribution in [3.63, 3.8) is 0 Å². The van der Waals surface area contributed by atoms with Crippen LogP contribution in [-0.4, -0.2) is 53.4 Å². The minimum atomic E-state index is 0. The smallest absolute Gasteiger partial charge is 0.191 e. The van der Waals surface area contributed by atoms with Gasteiger partial charge in [-0.15, -0.1) is 24.0 Å². The molecule has 1 aliphatic rings. The van der Waals surface area contributed by atoms with Gasteiger partial charge in [0.25, 0.3) is 0 Å². The van der Waals surface area contributed by atoms with Crippen LogP contribution < -0.4 is 10.6 Å². The van der Waals surface area contributed by atoms with Crippen LogP contribution in [0.4, 0.5) is 0 Å². The average Bonchev–Trinajstić information content (AvgIpc) is 2.97. The molecule has 0 bridgehead atoms. The van der Waals surface area contributed by atoms with Gasteiger partial charge >= 0.3 is 0 Å². The Labute approximate surface area is 163 Å². The van der Waals surface area contributed by atoms with Crippen LogP contribution in [0.25, 0.3) is 0 Å². The molecule has 6 nitrogen and oxygen atoms in total. The molecule has 2 rings (SSSR count). The predicted octanol–water partition coefficient (Wildman–Crippen LogP) is 2.36. The molecule has 1 unspecified atom stereocenters. The molecule has 1 saturated heterocycles. The van der Waals surface area contributed by atoms with E-state index in [9.17, 15) is 0 Å². The van der Waals surface area contributed by atoms with E-state index < -0.39 is 0 Å². The number of likely N-dealkylation sites (tertiary alicyclic amines) is 1. The Hall–Kier alpha value is -0.830. The molecule has 1 atom stereocenters. The van der Waals surface area contributed by atoms with Crippen LogP contribution in [0.15, 0.2) is 17.3 Å². The number of unbranched alkanes of at least 4 members (excludes halogenated alkanes) is 1. The van der Waals surface area contributed by atoms with Crippen molar-refractivity contribution in [2.75, 3.05) is 26.7 Å². The highest BCUT2D eigenvalue weighted by atomic mass is 127. The topological polar surface area (TPSA) is 57.5 Å². The molecule has 0 aromatic carbocycles. The monoisotopic (exact) mass is 448 g/mol. The first kappa shape index (κ1) is 21.2. The number of piperidine rings is 1. The first-order chi connectivity index (χ1) is 11.2. The number of rotatable bonds is 7. The summed E-state index contributed by atoms with van der Waals surface area (Å²) in [5, 5.41) is 10.9. The molecule has 2 heterocycles. The van der Waals surface area contributed by atoms with Crippen LogP contribution in [0.1, 0.15) is 44.7 Å². The number of nitrogens with zero attached hydrogens (tertiary/aromatic N) is 4. The lowest BCUT2D eigenvalue weighted by atomic mass is 10.0. The van der Waals surface area contributed by atoms with Gasteiger partial charge in [0.2, 0.25) is 0 Å². The van der Waals surface area contributed by atoms with E-state index in [2.05, 4.69) is 32.5 Å². The number of aliphatic imine (C=N–C) groups is 1. The van der Waals surface area contributed by atoms with Crippen molar-refractivity contribution in [2.24, 2.45) is 12.0 Å². The highest BCUT2D eigenvalue weighted by molar-refractivity contribution is 14.0. The second kappa shape index (κ2) is 11.7. The molecule has 7 heteroatoms. The highest BCUT2D eigenvalue weighted by Crippen LogP contribution is 2.16. The summed E-state index contributed by atoms with van der Waals surface area (Å²) in [6.07, 6.45) is 8.37. The van der Waals surface area contributed by atoms with Gasteiger partial charge in [0.05, 0.1) is 12.2 Å². The minimum absolute atomic E-state index is 0. The molecule has 1 aliphatic heterocycles. The van der Waals surface area contributed by atoms with Gasteiger partial charge in [0.1, 0.15) is 0 Å². The third kappa shape index (κ3) is 6.96. The summed E-state index contributed by atoms with van der Waals surface area (Å²) >= 11 is 0. The number of aromatic nitrogens is 2. The molecule has 0 spiro atoms. The summed E-state index contributed by atoms with van der Waals surface area (Å²) in [6.45, 7) is 6.57. The zero-order chi connectivity index (χ0) is 16.5. The van der Waals surface area contributed by atoms with Gasteiger partial charge < -0.3 is 15.5 Å². The van der Waals surface area contributed by atoms with Gasteiger partial charge in [0.15, 0.2) is 5.96 Å². The fourth-order valence-electron chi connectivity index (χ4n) is 3.11. The van der Waals surface area contributed by atoms with Crippen LogP contribution >= 0.6 is 24.0 Å². The Kier molecular flexibility index (Phi) is 10.3. The summed E-state index contributed by atoms with van der Waals surface area (Å²) in [5.41, 5.74) is 1.15. The first-order valence-corrected chi connectivity index (χ1v) is 8.86. The molecule has 1 aromatic rings. The number of hydrogen-bond acceptors (Lipinski definition) is 3. The van der Waals surface area contributed by atoms with Gasteiger partial charge in [-0.2, -0.15) is 5.10 Å². The number of aryl methyl sites for hydroxylation is 1.